The molecule has 0 rings (SSSR count). The fraction of sp³-hybridized carbons (Fsp3) is 0.857. The molecule has 0 spiro atoms. The molecule has 0 aliphatic heterocycles. The maximum atomic E-state index is 10.6. The highest BCUT2D eigenvalue weighted by molar-refractivity contribution is 6.44. The lowest BCUT2D eigenvalue weighted by molar-refractivity contribution is 0.242. The molecule has 0 aromatic rings. The largest absolute Gasteiger partial charge is 0.400 e. The number of carbonyl (C=O) groups excluding carboxylic acids is 1. The van der Waals surface area contributed by atoms with Crippen LogP contribution in [0.3, 0.4) is 0 Å². The SMILES string of the molecule is CCC(C[SiH](OC)OC)NC(N)=O. The predicted octanol–water partition coefficient (Wildman–Crippen LogP) is -0.0534. The molecule has 78 valence electrons. The van der Waals surface area contributed by atoms with Gasteiger partial charge in [0, 0.05) is 26.3 Å². The van der Waals surface area contributed by atoms with Crippen LogP contribution in [0.5, 0.6) is 0 Å². The van der Waals surface area contributed by atoms with E-state index in [0.717, 1.165) is 12.5 Å². The maximum Gasteiger partial charge on any atom is 0.322 e. The van der Waals surface area contributed by atoms with Gasteiger partial charge in [0.15, 0.2) is 0 Å². The highest BCUT2D eigenvalue weighted by atomic mass is 28.3. The number of amides is 2. The highest BCUT2D eigenvalue weighted by Crippen LogP contribution is 2.03. The van der Waals surface area contributed by atoms with E-state index in [9.17, 15) is 4.79 Å². The Bertz CT molecular complexity index is 153. The lowest BCUT2D eigenvalue weighted by atomic mass is 10.3. The number of primary amides is 1. The molecule has 2 amide bonds. The quantitative estimate of drug-likeness (QED) is 0.598. The monoisotopic (exact) mass is 206 g/mol. The zero-order chi connectivity index (χ0) is 10.3. The fourth-order valence-corrected chi connectivity index (χ4v) is 2.54. The molecule has 0 fully saturated rings. The molecule has 0 heterocycles. The van der Waals surface area contributed by atoms with Crippen molar-refractivity contribution in [3.8, 4) is 0 Å². The van der Waals surface area contributed by atoms with Gasteiger partial charge in [0.2, 0.25) is 0 Å². The summed E-state index contributed by atoms with van der Waals surface area (Å²) < 4.78 is 10.3. The molecule has 3 N–H and O–H groups in total. The average molecular weight is 206 g/mol. The van der Waals surface area contributed by atoms with E-state index in [1.54, 1.807) is 14.2 Å². The molecule has 0 aliphatic rings. The second kappa shape index (κ2) is 6.87. The zero-order valence-electron chi connectivity index (χ0n) is 8.37. The molecule has 0 aromatic heterocycles. The first-order valence-corrected chi connectivity index (χ1v) is 6.01. The third-order valence-electron chi connectivity index (χ3n) is 1.84. The van der Waals surface area contributed by atoms with E-state index in [1.165, 1.54) is 0 Å². The lowest BCUT2D eigenvalue weighted by Crippen LogP contribution is -2.41. The van der Waals surface area contributed by atoms with Gasteiger partial charge in [-0.25, -0.2) is 4.79 Å². The third-order valence-corrected chi connectivity index (χ3v) is 3.85. The van der Waals surface area contributed by atoms with Crippen LogP contribution in [-0.4, -0.2) is 35.6 Å². The Hall–Kier alpha value is -0.593. The summed E-state index contributed by atoms with van der Waals surface area (Å²) in [7, 11) is 1.65. The Morgan fingerprint density at radius 1 is 1.54 bits per heavy atom. The van der Waals surface area contributed by atoms with Crippen molar-refractivity contribution < 1.29 is 13.6 Å². The number of hydrogen-bond donors (Lipinski definition) is 2. The smallest absolute Gasteiger partial charge is 0.322 e. The van der Waals surface area contributed by atoms with E-state index in [0.29, 0.717) is 0 Å². The number of nitrogens with one attached hydrogen (secondary N) is 1. The van der Waals surface area contributed by atoms with Crippen LogP contribution < -0.4 is 11.1 Å². The van der Waals surface area contributed by atoms with Gasteiger partial charge in [0.05, 0.1) is 0 Å². The number of urea groups is 1. The van der Waals surface area contributed by atoms with Gasteiger partial charge in [-0.2, -0.15) is 0 Å². The van der Waals surface area contributed by atoms with Crippen LogP contribution in [0.15, 0.2) is 0 Å². The molecule has 0 saturated carbocycles. The van der Waals surface area contributed by atoms with Gasteiger partial charge in [-0.05, 0) is 6.42 Å². The standard InChI is InChI=1S/C7H18N2O3Si/c1-4-6(9-7(8)10)5-13(11-2)12-3/h6,13H,4-5H2,1-3H3,(H3,8,9,10). The van der Waals surface area contributed by atoms with Crippen molar-refractivity contribution in [1.82, 2.24) is 5.32 Å². The van der Waals surface area contributed by atoms with Crippen molar-refractivity contribution in [2.24, 2.45) is 5.73 Å². The summed E-state index contributed by atoms with van der Waals surface area (Å²) in [5.41, 5.74) is 5.01. The molecule has 6 heteroatoms. The van der Waals surface area contributed by atoms with Gasteiger partial charge in [0.25, 0.3) is 0 Å². The van der Waals surface area contributed by atoms with Crippen LogP contribution in [0.25, 0.3) is 0 Å². The fourth-order valence-electron chi connectivity index (χ4n) is 1.05. The molecule has 1 atom stereocenters. The Morgan fingerprint density at radius 2 is 2.08 bits per heavy atom. The van der Waals surface area contributed by atoms with Crippen molar-refractivity contribution in [2.75, 3.05) is 14.2 Å². The summed E-state index contributed by atoms with van der Waals surface area (Å²) >= 11 is 0. The van der Waals surface area contributed by atoms with Gasteiger partial charge >= 0.3 is 15.3 Å². The van der Waals surface area contributed by atoms with E-state index >= 15 is 0 Å². The minimum absolute atomic E-state index is 0.0640. The molecule has 0 radical (unpaired) electrons. The first-order valence-electron chi connectivity index (χ1n) is 4.25. The molecule has 0 bridgehead atoms. The Labute approximate surface area is 80.4 Å². The second-order valence-electron chi connectivity index (χ2n) is 2.75. The van der Waals surface area contributed by atoms with Crippen LogP contribution in [-0.2, 0) is 8.85 Å². The topological polar surface area (TPSA) is 73.6 Å². The number of hydrogen-bond acceptors (Lipinski definition) is 3. The first kappa shape index (κ1) is 12.4. The van der Waals surface area contributed by atoms with Crippen molar-refractivity contribution in [1.29, 1.82) is 0 Å². The number of carbonyl (C=O) groups is 1. The van der Waals surface area contributed by atoms with Crippen LogP contribution in [0.4, 0.5) is 4.79 Å². The van der Waals surface area contributed by atoms with E-state index in [2.05, 4.69) is 5.32 Å². The van der Waals surface area contributed by atoms with E-state index in [1.807, 2.05) is 6.92 Å². The molecule has 0 aromatic carbocycles. The summed E-state index contributed by atoms with van der Waals surface area (Å²) in [6.07, 6.45) is 0.832. The summed E-state index contributed by atoms with van der Waals surface area (Å²) in [4.78, 5) is 10.6. The van der Waals surface area contributed by atoms with E-state index < -0.39 is 15.3 Å². The Morgan fingerprint density at radius 3 is 2.38 bits per heavy atom. The summed E-state index contributed by atoms with van der Waals surface area (Å²) in [5.74, 6) is 0. The minimum atomic E-state index is -1.60. The van der Waals surface area contributed by atoms with Crippen LogP contribution >= 0.6 is 0 Å². The number of nitrogens with two attached hydrogens (primary N) is 1. The third kappa shape index (κ3) is 5.62. The van der Waals surface area contributed by atoms with Gasteiger partial charge in [-0.15, -0.1) is 0 Å². The summed E-state index contributed by atoms with van der Waals surface area (Å²) in [6, 6.07) is 0.313. The maximum absolute atomic E-state index is 10.6. The zero-order valence-corrected chi connectivity index (χ0v) is 9.53. The first-order chi connectivity index (χ1) is 6.13. The highest BCUT2D eigenvalue weighted by Gasteiger charge is 2.17. The van der Waals surface area contributed by atoms with Gasteiger partial charge in [-0.3, -0.25) is 0 Å². The number of rotatable bonds is 6. The molecule has 13 heavy (non-hydrogen) atoms. The molecule has 0 aliphatic carbocycles. The molecule has 5 nitrogen and oxygen atoms in total. The van der Waals surface area contributed by atoms with Crippen LogP contribution in [0, 0.1) is 0 Å². The van der Waals surface area contributed by atoms with Gasteiger partial charge in [0.1, 0.15) is 0 Å². The van der Waals surface area contributed by atoms with Crippen molar-refractivity contribution in [3.05, 3.63) is 0 Å². The average Bonchev–Trinajstić information content (AvgIpc) is 2.11. The summed E-state index contributed by atoms with van der Waals surface area (Å²) in [5, 5.41) is 2.64. The molecule has 1 unspecified atom stereocenters. The van der Waals surface area contributed by atoms with E-state index in [4.69, 9.17) is 14.6 Å². The van der Waals surface area contributed by atoms with Crippen molar-refractivity contribution >= 4 is 15.3 Å². The Balaban J connectivity index is 3.87. The van der Waals surface area contributed by atoms with Crippen molar-refractivity contribution in [3.63, 3.8) is 0 Å². The minimum Gasteiger partial charge on any atom is -0.400 e. The van der Waals surface area contributed by atoms with Gasteiger partial charge in [-0.1, -0.05) is 6.92 Å². The Kier molecular flexibility index (Phi) is 6.56. The second-order valence-corrected chi connectivity index (χ2v) is 5.02. The van der Waals surface area contributed by atoms with Crippen molar-refractivity contribution in [2.45, 2.75) is 25.4 Å². The normalized spacial score (nSPS) is 12.9. The van der Waals surface area contributed by atoms with Crippen LogP contribution in [0.1, 0.15) is 13.3 Å². The summed E-state index contributed by atoms with van der Waals surface area (Å²) in [6.45, 7) is 1.98. The lowest BCUT2D eigenvalue weighted by Gasteiger charge is -2.19. The van der Waals surface area contributed by atoms with E-state index in [-0.39, 0.29) is 6.04 Å². The van der Waals surface area contributed by atoms with Gasteiger partial charge < -0.3 is 19.9 Å². The molecular formula is C7H18N2O3Si. The van der Waals surface area contributed by atoms with Crippen LogP contribution in [0.2, 0.25) is 6.04 Å². The molecule has 0 saturated heterocycles. The predicted molar refractivity (Wildman–Crippen MR) is 52.8 cm³/mol. The molecular weight excluding hydrogens is 188 g/mol.